The molecule has 2 rings (SSSR count). The maximum Gasteiger partial charge on any atom is 0.335 e. The summed E-state index contributed by atoms with van der Waals surface area (Å²) in [6, 6.07) is 8.12. The second-order valence-corrected chi connectivity index (χ2v) is 3.74. The normalized spacial score (nSPS) is 10.0. The number of carboxylic acid groups (broad SMARTS) is 1. The van der Waals surface area contributed by atoms with E-state index in [0.717, 1.165) is 0 Å². The Balaban J connectivity index is 2.19. The van der Waals surface area contributed by atoms with Crippen molar-refractivity contribution in [2.45, 2.75) is 0 Å². The molecule has 0 spiro atoms. The van der Waals surface area contributed by atoms with Gasteiger partial charge in [-0.3, -0.25) is 10.1 Å². The summed E-state index contributed by atoms with van der Waals surface area (Å²) in [5.74, 6) is -0.879. The Morgan fingerprint density at radius 3 is 2.40 bits per heavy atom. The molecule has 3 N–H and O–H groups in total. The maximum absolute atomic E-state index is 10.7. The Labute approximate surface area is 112 Å². The third kappa shape index (κ3) is 2.80. The number of anilines is 1. The minimum atomic E-state index is -1.05. The highest BCUT2D eigenvalue weighted by Crippen LogP contribution is 2.25. The van der Waals surface area contributed by atoms with Gasteiger partial charge in [-0.2, -0.15) is 4.98 Å². The number of hydrogen-bond donors (Lipinski definition) is 2. The molecule has 1 aromatic carbocycles. The van der Waals surface area contributed by atoms with E-state index in [1.807, 2.05) is 0 Å². The van der Waals surface area contributed by atoms with E-state index >= 15 is 0 Å². The average Bonchev–Trinajstić information content (AvgIpc) is 2.39. The van der Waals surface area contributed by atoms with Crippen LogP contribution in [-0.4, -0.2) is 21.0 Å². The molecule has 0 unspecified atom stereocenters. The van der Waals surface area contributed by atoms with Crippen LogP contribution < -0.4 is 10.5 Å². The van der Waals surface area contributed by atoms with Gasteiger partial charge in [0.15, 0.2) is 0 Å². The molecule has 1 heterocycles. The molecule has 0 atom stereocenters. The van der Waals surface area contributed by atoms with Gasteiger partial charge in [-0.05, 0) is 24.3 Å². The zero-order chi connectivity index (χ0) is 14.7. The van der Waals surface area contributed by atoms with Crippen molar-refractivity contribution in [1.82, 2.24) is 4.98 Å². The first-order valence-corrected chi connectivity index (χ1v) is 5.39. The fourth-order valence-corrected chi connectivity index (χ4v) is 1.45. The van der Waals surface area contributed by atoms with E-state index < -0.39 is 10.9 Å². The van der Waals surface area contributed by atoms with E-state index in [2.05, 4.69) is 4.98 Å². The molecule has 0 saturated carbocycles. The highest BCUT2D eigenvalue weighted by atomic mass is 16.6. The zero-order valence-electron chi connectivity index (χ0n) is 10.0. The highest BCUT2D eigenvalue weighted by molar-refractivity contribution is 5.87. The molecule has 0 bridgehead atoms. The van der Waals surface area contributed by atoms with Gasteiger partial charge < -0.3 is 15.6 Å². The van der Waals surface area contributed by atoms with Crippen LogP contribution in [0.5, 0.6) is 11.6 Å². The van der Waals surface area contributed by atoms with Crippen LogP contribution in [0.4, 0.5) is 11.5 Å². The third-order valence-electron chi connectivity index (χ3n) is 2.40. The van der Waals surface area contributed by atoms with E-state index in [0.29, 0.717) is 5.75 Å². The van der Waals surface area contributed by atoms with Crippen molar-refractivity contribution in [3.05, 3.63) is 52.1 Å². The number of nitrogens with two attached hydrogens (primary N) is 1. The average molecular weight is 275 g/mol. The number of rotatable bonds is 4. The number of carboxylic acids is 1. The maximum atomic E-state index is 10.7. The quantitative estimate of drug-likeness (QED) is 0.645. The number of nitrogen functional groups attached to an aromatic ring is 1. The predicted octanol–water partition coefficient (Wildman–Crippen LogP) is 2.06. The first kappa shape index (κ1) is 13.3. The van der Waals surface area contributed by atoms with Crippen LogP contribution in [0.3, 0.4) is 0 Å². The van der Waals surface area contributed by atoms with Crippen molar-refractivity contribution in [1.29, 1.82) is 0 Å². The molecule has 0 radical (unpaired) electrons. The van der Waals surface area contributed by atoms with Gasteiger partial charge in [-0.15, -0.1) is 0 Å². The molecule has 0 aliphatic rings. The summed E-state index contributed by atoms with van der Waals surface area (Å²) in [6.07, 6.45) is 0. The fourth-order valence-electron chi connectivity index (χ4n) is 1.45. The Morgan fingerprint density at radius 1 is 1.25 bits per heavy atom. The molecular weight excluding hydrogens is 266 g/mol. The largest absolute Gasteiger partial charge is 0.478 e. The molecular formula is C12H9N3O5. The van der Waals surface area contributed by atoms with Crippen molar-refractivity contribution >= 4 is 17.5 Å². The van der Waals surface area contributed by atoms with E-state index in [4.69, 9.17) is 15.6 Å². The standard InChI is InChI=1S/C12H9N3O5/c13-11-9(15(18)19)5-6-10(14-11)20-8-3-1-7(2-4-8)12(16)17/h1-6H,(H2,13,14)(H,16,17). The SMILES string of the molecule is Nc1nc(Oc2ccc(C(=O)O)cc2)ccc1[N+](=O)[O-]. The van der Waals surface area contributed by atoms with Crippen LogP contribution in [-0.2, 0) is 0 Å². The van der Waals surface area contributed by atoms with E-state index in [1.165, 1.54) is 36.4 Å². The lowest BCUT2D eigenvalue weighted by Crippen LogP contribution is -2.00. The number of carbonyl (C=O) groups is 1. The molecule has 0 fully saturated rings. The van der Waals surface area contributed by atoms with E-state index in [9.17, 15) is 14.9 Å². The Bertz CT molecular complexity index is 669. The molecule has 20 heavy (non-hydrogen) atoms. The summed E-state index contributed by atoms with van der Waals surface area (Å²) < 4.78 is 5.32. The van der Waals surface area contributed by atoms with Gasteiger partial charge in [-0.1, -0.05) is 0 Å². The summed E-state index contributed by atoms with van der Waals surface area (Å²) in [5, 5.41) is 19.3. The Morgan fingerprint density at radius 2 is 1.90 bits per heavy atom. The summed E-state index contributed by atoms with van der Waals surface area (Å²) in [4.78, 5) is 24.4. The number of benzene rings is 1. The molecule has 1 aromatic heterocycles. The van der Waals surface area contributed by atoms with E-state index in [-0.39, 0.29) is 22.9 Å². The first-order valence-electron chi connectivity index (χ1n) is 5.39. The van der Waals surface area contributed by atoms with Crippen LogP contribution in [0, 0.1) is 10.1 Å². The fraction of sp³-hybridized carbons (Fsp3) is 0. The molecule has 0 amide bonds. The topological polar surface area (TPSA) is 129 Å². The van der Waals surface area contributed by atoms with Crippen molar-refractivity contribution in [2.75, 3.05) is 5.73 Å². The van der Waals surface area contributed by atoms with Crippen molar-refractivity contribution < 1.29 is 19.6 Å². The number of aromatic carboxylic acids is 1. The Kier molecular flexibility index (Phi) is 3.47. The molecule has 0 aliphatic carbocycles. The van der Waals surface area contributed by atoms with Gasteiger partial charge in [0.05, 0.1) is 10.5 Å². The van der Waals surface area contributed by atoms with Gasteiger partial charge in [0.25, 0.3) is 0 Å². The molecule has 8 heteroatoms. The number of nitro groups is 1. The smallest absolute Gasteiger partial charge is 0.335 e. The summed E-state index contributed by atoms with van der Waals surface area (Å²) in [6.45, 7) is 0. The van der Waals surface area contributed by atoms with Crippen LogP contribution >= 0.6 is 0 Å². The number of hydrogen-bond acceptors (Lipinski definition) is 6. The second kappa shape index (κ2) is 5.22. The monoisotopic (exact) mass is 275 g/mol. The zero-order valence-corrected chi connectivity index (χ0v) is 10.0. The molecule has 0 aliphatic heterocycles. The third-order valence-corrected chi connectivity index (χ3v) is 2.40. The van der Waals surface area contributed by atoms with Gasteiger partial charge in [0, 0.05) is 12.1 Å². The van der Waals surface area contributed by atoms with E-state index in [1.54, 1.807) is 0 Å². The van der Waals surface area contributed by atoms with Gasteiger partial charge >= 0.3 is 11.7 Å². The molecule has 8 nitrogen and oxygen atoms in total. The minimum absolute atomic E-state index is 0.0798. The molecule has 2 aromatic rings. The number of ether oxygens (including phenoxy) is 1. The number of aromatic nitrogens is 1. The van der Waals surface area contributed by atoms with Crippen LogP contribution in [0.15, 0.2) is 36.4 Å². The second-order valence-electron chi connectivity index (χ2n) is 3.74. The predicted molar refractivity (Wildman–Crippen MR) is 68.8 cm³/mol. The van der Waals surface area contributed by atoms with Gasteiger partial charge in [-0.25, -0.2) is 4.79 Å². The van der Waals surface area contributed by atoms with Gasteiger partial charge in [0.1, 0.15) is 5.75 Å². The summed E-state index contributed by atoms with van der Waals surface area (Å²) in [5.41, 5.74) is 5.24. The van der Waals surface area contributed by atoms with Crippen molar-refractivity contribution in [3.63, 3.8) is 0 Å². The van der Waals surface area contributed by atoms with Crippen LogP contribution in [0.25, 0.3) is 0 Å². The number of pyridine rings is 1. The molecule has 0 saturated heterocycles. The summed E-state index contributed by atoms with van der Waals surface area (Å²) in [7, 11) is 0. The van der Waals surface area contributed by atoms with Crippen LogP contribution in [0.2, 0.25) is 0 Å². The summed E-state index contributed by atoms with van der Waals surface area (Å²) >= 11 is 0. The lowest BCUT2D eigenvalue weighted by Gasteiger charge is -2.05. The number of nitrogens with zero attached hydrogens (tertiary/aromatic N) is 2. The first-order chi connectivity index (χ1) is 9.47. The van der Waals surface area contributed by atoms with Crippen molar-refractivity contribution in [3.8, 4) is 11.6 Å². The van der Waals surface area contributed by atoms with Crippen molar-refractivity contribution in [2.24, 2.45) is 0 Å². The highest BCUT2D eigenvalue weighted by Gasteiger charge is 2.13. The van der Waals surface area contributed by atoms with Crippen LogP contribution in [0.1, 0.15) is 10.4 Å². The Hall–Kier alpha value is -3.16. The van der Waals surface area contributed by atoms with Gasteiger partial charge in [0.2, 0.25) is 11.7 Å². The molecule has 102 valence electrons. The lowest BCUT2D eigenvalue weighted by atomic mass is 10.2. The lowest BCUT2D eigenvalue weighted by molar-refractivity contribution is -0.384. The minimum Gasteiger partial charge on any atom is -0.478 e.